The first kappa shape index (κ1) is 13.1. The molecule has 3 nitrogen and oxygen atoms in total. The summed E-state index contributed by atoms with van der Waals surface area (Å²) in [6.07, 6.45) is 8.19. The van der Waals surface area contributed by atoms with E-state index in [9.17, 15) is 5.26 Å². The molecular weight excluding hydrogens is 246 g/mol. The highest BCUT2D eigenvalue weighted by Crippen LogP contribution is 2.58. The standard InChI is InChI=1S/C17H27N3/c18-2-1-16(20-5-3-19-4-6-20)17-14-8-12-7-13(10-14)11-15(17)9-12/h12-17,19H,1,3-11H2. The van der Waals surface area contributed by atoms with E-state index in [1.165, 1.54) is 32.1 Å². The topological polar surface area (TPSA) is 39.1 Å². The molecule has 1 saturated heterocycles. The number of hydrogen-bond acceptors (Lipinski definition) is 3. The quantitative estimate of drug-likeness (QED) is 0.857. The number of nitriles is 1. The fraction of sp³-hybridized carbons (Fsp3) is 0.941. The third kappa shape index (κ3) is 2.18. The molecule has 20 heavy (non-hydrogen) atoms. The second-order valence-corrected chi connectivity index (χ2v) is 7.72. The Bertz CT molecular complexity index is 366. The minimum atomic E-state index is 0.553. The molecule has 1 atom stereocenters. The van der Waals surface area contributed by atoms with Crippen molar-refractivity contribution < 1.29 is 0 Å². The summed E-state index contributed by atoms with van der Waals surface area (Å²) >= 11 is 0. The average molecular weight is 273 g/mol. The van der Waals surface area contributed by atoms with Crippen LogP contribution in [-0.2, 0) is 0 Å². The summed E-state index contributed by atoms with van der Waals surface area (Å²) in [6, 6.07) is 3.06. The molecule has 110 valence electrons. The van der Waals surface area contributed by atoms with Gasteiger partial charge >= 0.3 is 0 Å². The van der Waals surface area contributed by atoms with E-state index in [0.717, 1.165) is 62.2 Å². The Morgan fingerprint density at radius 2 is 1.60 bits per heavy atom. The molecule has 0 aromatic heterocycles. The average Bonchev–Trinajstić information content (AvgIpc) is 2.46. The third-order valence-corrected chi connectivity index (χ3v) is 6.66. The van der Waals surface area contributed by atoms with Gasteiger partial charge < -0.3 is 5.32 Å². The molecule has 4 aliphatic carbocycles. The van der Waals surface area contributed by atoms with Gasteiger partial charge in [-0.3, -0.25) is 4.90 Å². The van der Waals surface area contributed by atoms with Gasteiger partial charge in [0, 0.05) is 32.2 Å². The zero-order valence-corrected chi connectivity index (χ0v) is 12.4. The SMILES string of the molecule is N#CCC(C1C2CC3CC(C2)CC1C3)N1CCNCC1. The van der Waals surface area contributed by atoms with Crippen molar-refractivity contribution in [2.45, 2.75) is 44.6 Å². The zero-order valence-electron chi connectivity index (χ0n) is 12.4. The monoisotopic (exact) mass is 273 g/mol. The van der Waals surface area contributed by atoms with Crippen molar-refractivity contribution in [3.8, 4) is 6.07 Å². The summed E-state index contributed by atoms with van der Waals surface area (Å²) in [5.74, 6) is 4.80. The highest BCUT2D eigenvalue weighted by Gasteiger charge is 2.51. The molecule has 1 heterocycles. The van der Waals surface area contributed by atoms with Gasteiger partial charge in [0.2, 0.25) is 0 Å². The van der Waals surface area contributed by atoms with Crippen LogP contribution in [0.2, 0.25) is 0 Å². The van der Waals surface area contributed by atoms with Gasteiger partial charge in [-0.1, -0.05) is 0 Å². The number of piperazine rings is 1. The maximum Gasteiger partial charge on any atom is 0.0638 e. The van der Waals surface area contributed by atoms with E-state index in [1.54, 1.807) is 0 Å². The Morgan fingerprint density at radius 3 is 2.15 bits per heavy atom. The molecule has 1 N–H and O–H groups in total. The maximum absolute atomic E-state index is 9.33. The Labute approximate surface area is 122 Å². The molecule has 3 heteroatoms. The smallest absolute Gasteiger partial charge is 0.0638 e. The van der Waals surface area contributed by atoms with Crippen molar-refractivity contribution >= 4 is 0 Å². The lowest BCUT2D eigenvalue weighted by molar-refractivity contribution is -0.0748. The molecule has 4 bridgehead atoms. The Balaban J connectivity index is 1.55. The molecule has 5 fully saturated rings. The van der Waals surface area contributed by atoms with Crippen LogP contribution in [0.4, 0.5) is 0 Å². The Kier molecular flexibility index (Phi) is 3.48. The fourth-order valence-corrected chi connectivity index (χ4v) is 6.21. The highest BCUT2D eigenvalue weighted by atomic mass is 15.2. The molecular formula is C17H27N3. The molecule has 0 spiro atoms. The lowest BCUT2D eigenvalue weighted by Gasteiger charge is -2.57. The van der Waals surface area contributed by atoms with E-state index >= 15 is 0 Å². The van der Waals surface area contributed by atoms with Crippen molar-refractivity contribution in [3.05, 3.63) is 0 Å². The van der Waals surface area contributed by atoms with E-state index in [-0.39, 0.29) is 0 Å². The number of nitrogens with zero attached hydrogens (tertiary/aromatic N) is 2. The van der Waals surface area contributed by atoms with Crippen molar-refractivity contribution in [1.29, 1.82) is 5.26 Å². The first-order valence-electron chi connectivity index (χ1n) is 8.67. The number of nitrogens with one attached hydrogen (secondary N) is 1. The molecule has 5 rings (SSSR count). The minimum Gasteiger partial charge on any atom is -0.314 e. The van der Waals surface area contributed by atoms with E-state index < -0.39 is 0 Å². The van der Waals surface area contributed by atoms with Crippen molar-refractivity contribution in [2.24, 2.45) is 29.6 Å². The zero-order chi connectivity index (χ0) is 13.5. The second kappa shape index (κ2) is 5.31. The molecule has 0 radical (unpaired) electrons. The lowest BCUT2D eigenvalue weighted by Crippen LogP contribution is -2.57. The summed E-state index contributed by atoms with van der Waals surface area (Å²) in [5.41, 5.74) is 0. The van der Waals surface area contributed by atoms with E-state index in [0.29, 0.717) is 6.04 Å². The van der Waals surface area contributed by atoms with E-state index in [4.69, 9.17) is 0 Å². The predicted octanol–water partition coefficient (Wildman–Crippen LogP) is 2.25. The number of hydrogen-bond donors (Lipinski definition) is 1. The van der Waals surface area contributed by atoms with Crippen LogP contribution >= 0.6 is 0 Å². The van der Waals surface area contributed by atoms with Crippen LogP contribution in [0.25, 0.3) is 0 Å². The Hall–Kier alpha value is -0.590. The van der Waals surface area contributed by atoms with E-state index in [1.807, 2.05) is 0 Å². The normalized spacial score (nSPS) is 45.2. The largest absolute Gasteiger partial charge is 0.314 e. The molecule has 0 amide bonds. The van der Waals surface area contributed by atoms with Gasteiger partial charge in [0.15, 0.2) is 0 Å². The van der Waals surface area contributed by atoms with Crippen molar-refractivity contribution in [1.82, 2.24) is 10.2 Å². The van der Waals surface area contributed by atoms with Crippen molar-refractivity contribution in [2.75, 3.05) is 26.2 Å². The first-order chi connectivity index (χ1) is 9.85. The summed E-state index contributed by atoms with van der Waals surface area (Å²) in [4.78, 5) is 2.65. The molecule has 0 aromatic rings. The fourth-order valence-electron chi connectivity index (χ4n) is 6.21. The van der Waals surface area contributed by atoms with Gasteiger partial charge in [-0.25, -0.2) is 0 Å². The van der Waals surface area contributed by atoms with Crippen LogP contribution < -0.4 is 5.32 Å². The molecule has 1 unspecified atom stereocenters. The number of rotatable bonds is 3. The van der Waals surface area contributed by atoms with Gasteiger partial charge in [-0.05, 0) is 61.7 Å². The third-order valence-electron chi connectivity index (χ3n) is 6.66. The second-order valence-electron chi connectivity index (χ2n) is 7.72. The van der Waals surface area contributed by atoms with Crippen LogP contribution in [0, 0.1) is 40.9 Å². The maximum atomic E-state index is 9.33. The summed E-state index contributed by atoms with van der Waals surface area (Å²) < 4.78 is 0. The van der Waals surface area contributed by atoms with Gasteiger partial charge in [-0.2, -0.15) is 5.26 Å². The minimum absolute atomic E-state index is 0.553. The Morgan fingerprint density at radius 1 is 1.00 bits per heavy atom. The summed E-state index contributed by atoms with van der Waals surface area (Å²) in [7, 11) is 0. The van der Waals surface area contributed by atoms with Crippen LogP contribution in [0.15, 0.2) is 0 Å². The molecule has 4 saturated carbocycles. The first-order valence-corrected chi connectivity index (χ1v) is 8.67. The lowest BCUT2D eigenvalue weighted by atomic mass is 9.50. The van der Waals surface area contributed by atoms with E-state index in [2.05, 4.69) is 16.3 Å². The van der Waals surface area contributed by atoms with Gasteiger partial charge in [0.25, 0.3) is 0 Å². The van der Waals surface area contributed by atoms with Gasteiger partial charge in [0.1, 0.15) is 0 Å². The van der Waals surface area contributed by atoms with Crippen LogP contribution in [0.3, 0.4) is 0 Å². The predicted molar refractivity (Wildman–Crippen MR) is 79.0 cm³/mol. The van der Waals surface area contributed by atoms with Gasteiger partial charge in [-0.15, -0.1) is 0 Å². The summed E-state index contributed by atoms with van der Waals surface area (Å²) in [5, 5.41) is 12.8. The highest BCUT2D eigenvalue weighted by molar-refractivity contribution is 5.04. The van der Waals surface area contributed by atoms with Crippen LogP contribution in [0.5, 0.6) is 0 Å². The van der Waals surface area contributed by atoms with Crippen LogP contribution in [-0.4, -0.2) is 37.1 Å². The summed E-state index contributed by atoms with van der Waals surface area (Å²) in [6.45, 7) is 4.51. The molecule has 5 aliphatic rings. The molecule has 0 aromatic carbocycles. The van der Waals surface area contributed by atoms with Crippen molar-refractivity contribution in [3.63, 3.8) is 0 Å². The van der Waals surface area contributed by atoms with Gasteiger partial charge in [0.05, 0.1) is 12.5 Å². The van der Waals surface area contributed by atoms with Crippen LogP contribution in [0.1, 0.15) is 38.5 Å². The molecule has 1 aliphatic heterocycles.